The topological polar surface area (TPSA) is 41.4 Å². The van der Waals surface area contributed by atoms with Gasteiger partial charge in [-0.2, -0.15) is 5.10 Å². The summed E-state index contributed by atoms with van der Waals surface area (Å²) in [4.78, 5) is 0. The standard InChI is InChI=1S/C20H28N4S/c1-13(2)12-24-15(4)10-18(17(24)6)11-21-23-20(25)22-19-9-7-8-14(3)16(19)5/h7-11,13H,12H2,1-6H3,(H2,22,23,25)/b21-11-. The first-order chi connectivity index (χ1) is 11.8. The van der Waals surface area contributed by atoms with E-state index in [2.05, 4.69) is 74.1 Å². The highest BCUT2D eigenvalue weighted by Crippen LogP contribution is 2.18. The zero-order chi connectivity index (χ0) is 18.6. The number of hydrazone groups is 1. The van der Waals surface area contributed by atoms with Gasteiger partial charge >= 0.3 is 0 Å². The van der Waals surface area contributed by atoms with E-state index in [0.717, 1.165) is 17.8 Å². The Morgan fingerprint density at radius 3 is 2.64 bits per heavy atom. The number of nitrogens with one attached hydrogen (secondary N) is 2. The number of aromatic nitrogens is 1. The molecule has 0 aliphatic heterocycles. The maximum absolute atomic E-state index is 5.33. The van der Waals surface area contributed by atoms with E-state index in [4.69, 9.17) is 12.2 Å². The summed E-state index contributed by atoms with van der Waals surface area (Å²) in [6.45, 7) is 13.9. The lowest BCUT2D eigenvalue weighted by Gasteiger charge is -2.12. The molecule has 1 heterocycles. The fraction of sp³-hybridized carbons (Fsp3) is 0.400. The molecule has 0 aliphatic carbocycles. The molecule has 0 amide bonds. The quantitative estimate of drug-likeness (QED) is 0.463. The molecule has 2 rings (SSSR count). The molecule has 0 atom stereocenters. The fourth-order valence-corrected chi connectivity index (χ4v) is 2.96. The third-order valence-electron chi connectivity index (χ3n) is 4.38. The SMILES string of the molecule is Cc1cccc(NC(=S)N/N=C\c2cc(C)n(CC(C)C)c2C)c1C. The van der Waals surface area contributed by atoms with Gasteiger partial charge in [-0.25, -0.2) is 0 Å². The van der Waals surface area contributed by atoms with Gasteiger partial charge < -0.3 is 9.88 Å². The molecule has 2 N–H and O–H groups in total. The molecule has 1 aromatic carbocycles. The van der Waals surface area contributed by atoms with Gasteiger partial charge in [0.05, 0.1) is 6.21 Å². The van der Waals surface area contributed by atoms with Gasteiger partial charge in [0.25, 0.3) is 0 Å². The van der Waals surface area contributed by atoms with Crippen LogP contribution in [0.25, 0.3) is 0 Å². The van der Waals surface area contributed by atoms with Crippen LogP contribution >= 0.6 is 12.2 Å². The zero-order valence-corrected chi connectivity index (χ0v) is 16.8. The molecule has 25 heavy (non-hydrogen) atoms. The minimum absolute atomic E-state index is 0.487. The summed E-state index contributed by atoms with van der Waals surface area (Å²) in [6.07, 6.45) is 1.83. The van der Waals surface area contributed by atoms with Crippen LogP contribution in [0.4, 0.5) is 5.69 Å². The molecule has 1 aromatic heterocycles. The lowest BCUT2D eigenvalue weighted by molar-refractivity contribution is 0.509. The first-order valence-corrected chi connectivity index (χ1v) is 9.03. The summed E-state index contributed by atoms with van der Waals surface area (Å²) in [5.74, 6) is 0.613. The van der Waals surface area contributed by atoms with Gasteiger partial charge in [-0.3, -0.25) is 5.43 Å². The van der Waals surface area contributed by atoms with Crippen LogP contribution in [-0.4, -0.2) is 15.9 Å². The smallest absolute Gasteiger partial charge is 0.191 e. The van der Waals surface area contributed by atoms with Gasteiger partial charge in [0.2, 0.25) is 0 Å². The van der Waals surface area contributed by atoms with Crippen molar-refractivity contribution in [3.63, 3.8) is 0 Å². The van der Waals surface area contributed by atoms with Crippen LogP contribution in [0, 0.1) is 33.6 Å². The van der Waals surface area contributed by atoms with Gasteiger partial charge in [-0.1, -0.05) is 26.0 Å². The predicted octanol–water partition coefficient (Wildman–Crippen LogP) is 4.70. The van der Waals surface area contributed by atoms with E-state index in [1.165, 1.54) is 22.5 Å². The summed E-state index contributed by atoms with van der Waals surface area (Å²) in [5.41, 5.74) is 9.92. The third kappa shape index (κ3) is 4.92. The molecule has 0 fully saturated rings. The molecule has 134 valence electrons. The molecule has 0 spiro atoms. The van der Waals surface area contributed by atoms with Crippen LogP contribution in [0.1, 0.15) is 41.9 Å². The van der Waals surface area contributed by atoms with Crippen molar-refractivity contribution in [2.45, 2.75) is 48.1 Å². The maximum Gasteiger partial charge on any atom is 0.191 e. The first kappa shape index (κ1) is 19.2. The molecule has 0 saturated heterocycles. The number of benzene rings is 1. The Balaban J connectivity index is 2.01. The molecule has 5 heteroatoms. The lowest BCUT2D eigenvalue weighted by Crippen LogP contribution is -2.24. The van der Waals surface area contributed by atoms with E-state index in [9.17, 15) is 0 Å². The molecule has 4 nitrogen and oxygen atoms in total. The largest absolute Gasteiger partial charge is 0.348 e. The monoisotopic (exact) mass is 356 g/mol. The van der Waals surface area contributed by atoms with Crippen LogP contribution in [0.2, 0.25) is 0 Å². The van der Waals surface area contributed by atoms with Crippen LogP contribution in [-0.2, 0) is 6.54 Å². The number of rotatable bonds is 5. The molecular weight excluding hydrogens is 328 g/mol. The number of anilines is 1. The van der Waals surface area contributed by atoms with Crippen molar-refractivity contribution >= 4 is 29.2 Å². The highest BCUT2D eigenvalue weighted by molar-refractivity contribution is 7.80. The molecule has 2 aromatic rings. The van der Waals surface area contributed by atoms with Crippen molar-refractivity contribution in [3.8, 4) is 0 Å². The highest BCUT2D eigenvalue weighted by Gasteiger charge is 2.08. The second kappa shape index (κ2) is 8.30. The summed E-state index contributed by atoms with van der Waals surface area (Å²) in [6, 6.07) is 8.27. The van der Waals surface area contributed by atoms with Crippen LogP contribution < -0.4 is 10.7 Å². The first-order valence-electron chi connectivity index (χ1n) is 8.62. The minimum atomic E-state index is 0.487. The van der Waals surface area contributed by atoms with E-state index in [0.29, 0.717) is 11.0 Å². The van der Waals surface area contributed by atoms with Crippen molar-refractivity contribution in [2.24, 2.45) is 11.0 Å². The van der Waals surface area contributed by atoms with Crippen LogP contribution in [0.5, 0.6) is 0 Å². The van der Waals surface area contributed by atoms with Crippen LogP contribution in [0.15, 0.2) is 29.4 Å². The Hall–Kier alpha value is -2.14. The van der Waals surface area contributed by atoms with Gasteiger partial charge in [-0.05, 0) is 69.1 Å². The second-order valence-corrected chi connectivity index (χ2v) is 7.31. The minimum Gasteiger partial charge on any atom is -0.348 e. The summed E-state index contributed by atoms with van der Waals surface area (Å²) in [5, 5.41) is 7.98. The summed E-state index contributed by atoms with van der Waals surface area (Å²) in [7, 11) is 0. The fourth-order valence-electron chi connectivity index (χ4n) is 2.80. The van der Waals surface area contributed by atoms with Gasteiger partial charge in [0, 0.05) is 29.2 Å². The van der Waals surface area contributed by atoms with Gasteiger partial charge in [0.15, 0.2) is 5.11 Å². The van der Waals surface area contributed by atoms with Gasteiger partial charge in [-0.15, -0.1) is 0 Å². The van der Waals surface area contributed by atoms with E-state index >= 15 is 0 Å². The van der Waals surface area contributed by atoms with Crippen molar-refractivity contribution in [3.05, 3.63) is 52.3 Å². The Bertz CT molecular complexity index is 787. The predicted molar refractivity (Wildman–Crippen MR) is 112 cm³/mol. The van der Waals surface area contributed by atoms with E-state index in [-0.39, 0.29) is 0 Å². The number of aryl methyl sites for hydroxylation is 2. The zero-order valence-electron chi connectivity index (χ0n) is 16.0. The average Bonchev–Trinajstić information content (AvgIpc) is 2.79. The molecule has 0 bridgehead atoms. The van der Waals surface area contributed by atoms with Crippen molar-refractivity contribution < 1.29 is 0 Å². The normalized spacial score (nSPS) is 11.3. The third-order valence-corrected chi connectivity index (χ3v) is 4.58. The number of hydrogen-bond donors (Lipinski definition) is 2. The number of nitrogens with zero attached hydrogens (tertiary/aromatic N) is 2. The molecule has 0 aliphatic rings. The van der Waals surface area contributed by atoms with E-state index in [1.54, 1.807) is 0 Å². The van der Waals surface area contributed by atoms with Crippen molar-refractivity contribution in [2.75, 3.05) is 5.32 Å². The Morgan fingerprint density at radius 2 is 1.96 bits per heavy atom. The number of hydrogen-bond acceptors (Lipinski definition) is 2. The molecule has 0 saturated carbocycles. The van der Waals surface area contributed by atoms with Crippen molar-refractivity contribution in [1.82, 2.24) is 9.99 Å². The lowest BCUT2D eigenvalue weighted by atomic mass is 10.1. The summed E-state index contributed by atoms with van der Waals surface area (Å²) >= 11 is 5.33. The Kier molecular flexibility index (Phi) is 6.37. The highest BCUT2D eigenvalue weighted by atomic mass is 32.1. The summed E-state index contributed by atoms with van der Waals surface area (Å²) < 4.78 is 2.33. The van der Waals surface area contributed by atoms with Crippen molar-refractivity contribution in [1.29, 1.82) is 0 Å². The van der Waals surface area contributed by atoms with Crippen LogP contribution in [0.3, 0.4) is 0 Å². The number of thiocarbonyl (C=S) groups is 1. The van der Waals surface area contributed by atoms with Gasteiger partial charge in [0.1, 0.15) is 0 Å². The maximum atomic E-state index is 5.33. The average molecular weight is 357 g/mol. The molecule has 0 radical (unpaired) electrons. The second-order valence-electron chi connectivity index (χ2n) is 6.90. The molecule has 0 unspecified atom stereocenters. The van der Waals surface area contributed by atoms with E-state index < -0.39 is 0 Å². The van der Waals surface area contributed by atoms with E-state index in [1.807, 2.05) is 18.3 Å². The Morgan fingerprint density at radius 1 is 1.24 bits per heavy atom. The molecular formula is C20H28N4S. The Labute approximate surface area is 156 Å².